The van der Waals surface area contributed by atoms with E-state index in [2.05, 4.69) is 39.0 Å². The van der Waals surface area contributed by atoms with Crippen LogP contribution in [-0.4, -0.2) is 45.0 Å². The summed E-state index contributed by atoms with van der Waals surface area (Å²) in [5.74, 6) is -0.0867. The molecule has 0 radical (unpaired) electrons. The lowest BCUT2D eigenvalue weighted by atomic mass is 9.77. The third-order valence-electron chi connectivity index (χ3n) is 6.10. The fourth-order valence-electron chi connectivity index (χ4n) is 4.35. The van der Waals surface area contributed by atoms with Crippen molar-refractivity contribution in [1.29, 1.82) is 0 Å². The van der Waals surface area contributed by atoms with Crippen LogP contribution in [0.5, 0.6) is 0 Å². The second kappa shape index (κ2) is 6.80. The number of carbonyl (C=O) groups is 1. The molecule has 5 rings (SSSR count). The van der Waals surface area contributed by atoms with E-state index < -0.39 is 11.9 Å². The van der Waals surface area contributed by atoms with Crippen LogP contribution in [0.4, 0.5) is 17.3 Å². The van der Waals surface area contributed by atoms with Gasteiger partial charge in [-0.1, -0.05) is 18.2 Å². The standard InChI is InChI=1S/C21H21BrN6O2/c1-21(8-12-4-2-3-5-15(12)24-11-21)14-9-25-28-17(23)16(22)19(26-18(14)28)27-7-6-13(10-27)20(29)30/h2-5,9,11,13H,6-8,10,23H2,1H3,(H,29,30). The number of anilines is 2. The molecule has 4 heterocycles. The molecule has 0 amide bonds. The maximum atomic E-state index is 11.4. The van der Waals surface area contributed by atoms with Gasteiger partial charge >= 0.3 is 5.97 Å². The van der Waals surface area contributed by atoms with Crippen LogP contribution in [0.25, 0.3) is 5.65 Å². The predicted octanol–water partition coefficient (Wildman–Crippen LogP) is 3.20. The second-order valence-electron chi connectivity index (χ2n) is 8.18. The summed E-state index contributed by atoms with van der Waals surface area (Å²) in [5.41, 5.74) is 9.77. The molecular weight excluding hydrogens is 448 g/mol. The Balaban J connectivity index is 1.60. The first-order chi connectivity index (χ1) is 14.4. The summed E-state index contributed by atoms with van der Waals surface area (Å²) in [6.07, 6.45) is 5.13. The van der Waals surface area contributed by atoms with Gasteiger partial charge in [0.2, 0.25) is 0 Å². The number of nitrogens with zero attached hydrogens (tertiary/aromatic N) is 5. The number of carboxylic acid groups (broad SMARTS) is 1. The lowest BCUT2D eigenvalue weighted by Crippen LogP contribution is -2.29. The van der Waals surface area contributed by atoms with Crippen molar-refractivity contribution in [2.45, 2.75) is 25.2 Å². The molecule has 8 nitrogen and oxygen atoms in total. The number of aromatic nitrogens is 3. The average Bonchev–Trinajstić information content (AvgIpc) is 3.38. The Morgan fingerprint density at radius 1 is 1.37 bits per heavy atom. The number of rotatable bonds is 3. The fourth-order valence-corrected chi connectivity index (χ4v) is 4.86. The summed E-state index contributed by atoms with van der Waals surface area (Å²) in [6.45, 7) is 3.15. The van der Waals surface area contributed by atoms with Crippen LogP contribution in [0.2, 0.25) is 0 Å². The molecule has 2 aliphatic rings. The van der Waals surface area contributed by atoms with Gasteiger partial charge in [0.1, 0.15) is 16.1 Å². The molecule has 0 saturated carbocycles. The highest BCUT2D eigenvalue weighted by Crippen LogP contribution is 2.39. The largest absolute Gasteiger partial charge is 0.481 e. The summed E-state index contributed by atoms with van der Waals surface area (Å²) >= 11 is 3.54. The van der Waals surface area contributed by atoms with Crippen LogP contribution in [0, 0.1) is 5.92 Å². The van der Waals surface area contributed by atoms with E-state index in [1.165, 1.54) is 5.56 Å². The molecule has 1 fully saturated rings. The fraction of sp³-hybridized carbons (Fsp3) is 0.333. The van der Waals surface area contributed by atoms with Gasteiger partial charge in [0.05, 0.1) is 17.8 Å². The van der Waals surface area contributed by atoms with Gasteiger partial charge in [0, 0.05) is 30.3 Å². The molecule has 3 aromatic rings. The van der Waals surface area contributed by atoms with E-state index in [4.69, 9.17) is 10.7 Å². The zero-order valence-electron chi connectivity index (χ0n) is 16.4. The van der Waals surface area contributed by atoms with Crippen LogP contribution >= 0.6 is 15.9 Å². The highest BCUT2D eigenvalue weighted by atomic mass is 79.9. The Bertz CT molecular complexity index is 1210. The molecule has 2 aromatic heterocycles. The van der Waals surface area contributed by atoms with Crippen molar-refractivity contribution >= 4 is 51.1 Å². The molecule has 1 saturated heterocycles. The van der Waals surface area contributed by atoms with Gasteiger partial charge in [-0.25, -0.2) is 4.98 Å². The first kappa shape index (κ1) is 19.0. The minimum Gasteiger partial charge on any atom is -0.481 e. The molecule has 0 bridgehead atoms. The summed E-state index contributed by atoms with van der Waals surface area (Å²) < 4.78 is 2.26. The van der Waals surface area contributed by atoms with E-state index in [1.54, 1.807) is 10.7 Å². The van der Waals surface area contributed by atoms with Crippen molar-refractivity contribution in [2.75, 3.05) is 23.7 Å². The van der Waals surface area contributed by atoms with E-state index in [1.807, 2.05) is 29.3 Å². The zero-order chi connectivity index (χ0) is 21.0. The first-order valence-corrected chi connectivity index (χ1v) is 10.6. The monoisotopic (exact) mass is 468 g/mol. The summed E-state index contributed by atoms with van der Waals surface area (Å²) in [7, 11) is 0. The average molecular weight is 469 g/mol. The van der Waals surface area contributed by atoms with Gasteiger partial charge in [-0.2, -0.15) is 9.61 Å². The van der Waals surface area contributed by atoms with Gasteiger partial charge in [0.25, 0.3) is 0 Å². The maximum absolute atomic E-state index is 11.4. The molecule has 2 aliphatic heterocycles. The van der Waals surface area contributed by atoms with Crippen molar-refractivity contribution in [3.8, 4) is 0 Å². The highest BCUT2D eigenvalue weighted by molar-refractivity contribution is 9.10. The Morgan fingerprint density at radius 3 is 2.93 bits per heavy atom. The van der Waals surface area contributed by atoms with Gasteiger partial charge in [-0.15, -0.1) is 0 Å². The SMILES string of the molecule is CC1(c2cnn3c(N)c(Br)c(N4CCC(C(=O)O)C4)nc23)C=Nc2ccccc2C1. The van der Waals surface area contributed by atoms with Gasteiger partial charge in [0.15, 0.2) is 5.65 Å². The molecular formula is C21H21BrN6O2. The van der Waals surface area contributed by atoms with E-state index in [-0.39, 0.29) is 5.41 Å². The smallest absolute Gasteiger partial charge is 0.308 e. The van der Waals surface area contributed by atoms with E-state index in [0.29, 0.717) is 41.3 Å². The minimum absolute atomic E-state index is 0.380. The van der Waals surface area contributed by atoms with Crippen LogP contribution in [0.15, 0.2) is 39.9 Å². The first-order valence-electron chi connectivity index (χ1n) is 9.81. The second-order valence-corrected chi connectivity index (χ2v) is 8.97. The number of benzene rings is 1. The molecule has 154 valence electrons. The quantitative estimate of drug-likeness (QED) is 0.610. The number of nitrogens with two attached hydrogens (primary N) is 1. The lowest BCUT2D eigenvalue weighted by Gasteiger charge is -2.29. The molecule has 9 heteroatoms. The molecule has 30 heavy (non-hydrogen) atoms. The van der Waals surface area contributed by atoms with Crippen molar-refractivity contribution in [3.05, 3.63) is 46.1 Å². The van der Waals surface area contributed by atoms with Crippen molar-refractivity contribution < 1.29 is 9.90 Å². The number of fused-ring (bicyclic) bond motifs is 2. The van der Waals surface area contributed by atoms with Crippen LogP contribution in [0.1, 0.15) is 24.5 Å². The van der Waals surface area contributed by atoms with Crippen LogP contribution in [0.3, 0.4) is 0 Å². The van der Waals surface area contributed by atoms with Crippen molar-refractivity contribution in [2.24, 2.45) is 10.9 Å². The molecule has 2 unspecified atom stereocenters. The number of aliphatic imine (C=N–C) groups is 1. The molecule has 1 aromatic carbocycles. The normalized spacial score (nSPS) is 23.1. The zero-order valence-corrected chi connectivity index (χ0v) is 18.0. The van der Waals surface area contributed by atoms with Crippen molar-refractivity contribution in [3.63, 3.8) is 0 Å². The van der Waals surface area contributed by atoms with Crippen LogP contribution < -0.4 is 10.6 Å². The van der Waals surface area contributed by atoms with E-state index >= 15 is 0 Å². The Kier molecular flexibility index (Phi) is 4.32. The van der Waals surface area contributed by atoms with Crippen molar-refractivity contribution in [1.82, 2.24) is 14.6 Å². The third-order valence-corrected chi connectivity index (χ3v) is 6.86. The molecule has 0 aliphatic carbocycles. The number of aliphatic carboxylic acids is 1. The summed E-state index contributed by atoms with van der Waals surface area (Å²) in [4.78, 5) is 22.9. The number of carboxylic acids is 1. The van der Waals surface area contributed by atoms with Gasteiger partial charge in [-0.3, -0.25) is 9.79 Å². The number of halogens is 1. The van der Waals surface area contributed by atoms with Gasteiger partial charge in [-0.05, 0) is 47.3 Å². The van der Waals surface area contributed by atoms with Crippen LogP contribution in [-0.2, 0) is 16.6 Å². The summed E-state index contributed by atoms with van der Waals surface area (Å²) in [5, 5.41) is 13.8. The Labute approximate surface area is 181 Å². The van der Waals surface area contributed by atoms with Gasteiger partial charge < -0.3 is 15.7 Å². The topological polar surface area (TPSA) is 109 Å². The lowest BCUT2D eigenvalue weighted by molar-refractivity contribution is -0.140. The third kappa shape index (κ3) is 2.87. The van der Waals surface area contributed by atoms with E-state index in [0.717, 1.165) is 17.7 Å². The molecule has 3 N–H and O–H groups in total. The molecule has 2 atom stereocenters. The Hall–Kier alpha value is -2.94. The number of hydrogen-bond acceptors (Lipinski definition) is 6. The number of hydrogen-bond donors (Lipinski definition) is 2. The number of para-hydroxylation sites is 1. The summed E-state index contributed by atoms with van der Waals surface area (Å²) in [6, 6.07) is 8.11. The predicted molar refractivity (Wildman–Crippen MR) is 119 cm³/mol. The minimum atomic E-state index is -0.780. The maximum Gasteiger partial charge on any atom is 0.308 e. The number of nitrogen functional groups attached to an aromatic ring is 1. The highest BCUT2D eigenvalue weighted by Gasteiger charge is 2.35. The Morgan fingerprint density at radius 2 is 2.17 bits per heavy atom. The van der Waals surface area contributed by atoms with E-state index in [9.17, 15) is 9.90 Å². The molecule has 0 spiro atoms.